The van der Waals surface area contributed by atoms with Crippen LogP contribution in [0.4, 0.5) is 0 Å². The van der Waals surface area contributed by atoms with E-state index < -0.39 is 12.1 Å². The van der Waals surface area contributed by atoms with E-state index in [9.17, 15) is 6.85 Å². The molecule has 0 atom stereocenters. The average Bonchev–Trinajstić information content (AvgIpc) is 4.01. The van der Waals surface area contributed by atoms with Crippen LogP contribution in [0.15, 0.2) is 206 Å². The zero-order valence-corrected chi connectivity index (χ0v) is 31.2. The molecule has 9 aromatic carbocycles. The van der Waals surface area contributed by atoms with Gasteiger partial charge in [-0.15, -0.1) is 11.3 Å². The highest BCUT2D eigenvalue weighted by molar-refractivity contribution is 7.25. The number of para-hydroxylation sites is 1. The van der Waals surface area contributed by atoms with Gasteiger partial charge in [-0.25, -0.2) is 0 Å². The predicted octanol–water partition coefficient (Wildman–Crippen LogP) is 15.2. The number of hydrogen-bond acceptors (Lipinski definition) is 1. The van der Waals surface area contributed by atoms with E-state index in [0.717, 1.165) is 69.9 Å². The van der Waals surface area contributed by atoms with Gasteiger partial charge in [0.25, 0.3) is 0 Å². The van der Waals surface area contributed by atoms with Gasteiger partial charge < -0.3 is 9.13 Å². The minimum Gasteiger partial charge on any atom is -0.309 e. The summed E-state index contributed by atoms with van der Waals surface area (Å²) in [5.41, 5.74) is 8.95. The number of hydrogen-bond donors (Lipinski definition) is 0. The summed E-state index contributed by atoms with van der Waals surface area (Å²) in [7, 11) is 0. The van der Waals surface area contributed by atoms with Crippen molar-refractivity contribution in [1.29, 1.82) is 0 Å². The molecule has 0 radical (unpaired) electrons. The highest BCUT2D eigenvalue weighted by atomic mass is 32.1. The molecule has 2 nitrogen and oxygen atoms in total. The minimum absolute atomic E-state index is 0.0743. The molecule has 12 aromatic rings. The highest BCUT2D eigenvalue weighted by Crippen LogP contribution is 2.42. The molecule has 0 N–H and O–H groups in total. The molecule has 0 bridgehead atoms. The number of nitrogens with zero attached hydrogens (tertiary/aromatic N) is 2. The van der Waals surface area contributed by atoms with Crippen molar-refractivity contribution in [2.75, 3.05) is 0 Å². The van der Waals surface area contributed by atoms with Crippen LogP contribution in [0.1, 0.15) is 9.60 Å². The molecule has 0 aliphatic carbocycles. The molecule has 266 valence electrons. The van der Waals surface area contributed by atoms with Crippen molar-refractivity contribution >= 4 is 75.1 Å². The highest BCUT2D eigenvalue weighted by Gasteiger charge is 2.19. The maximum Gasteiger partial charge on any atom is 0.0645 e. The van der Waals surface area contributed by atoms with Crippen molar-refractivity contribution in [3.05, 3.63) is 206 Å². The smallest absolute Gasteiger partial charge is 0.0645 e. The van der Waals surface area contributed by atoms with Crippen molar-refractivity contribution in [3.63, 3.8) is 0 Å². The van der Waals surface area contributed by atoms with Crippen LogP contribution in [-0.4, -0.2) is 9.13 Å². The summed E-state index contributed by atoms with van der Waals surface area (Å²) in [5.74, 6) is 0. The van der Waals surface area contributed by atoms with E-state index in [1.807, 2.05) is 84.9 Å². The van der Waals surface area contributed by atoms with Crippen molar-refractivity contribution in [3.8, 4) is 44.8 Å². The summed E-state index contributed by atoms with van der Waals surface area (Å²) < 4.78 is 71.5. The molecule has 3 heteroatoms. The Morgan fingerprint density at radius 1 is 0.368 bits per heavy atom. The second kappa shape index (κ2) is 12.7. The lowest BCUT2D eigenvalue weighted by atomic mass is 9.97. The molecule has 0 fully saturated rings. The number of fused-ring (bicyclic) bond motifs is 9. The lowest BCUT2D eigenvalue weighted by Gasteiger charge is -2.10. The summed E-state index contributed by atoms with van der Waals surface area (Å²) in [5, 5.41) is 4.30. The molecule has 0 saturated heterocycles. The molecule has 0 spiro atoms. The Morgan fingerprint density at radius 2 is 1.05 bits per heavy atom. The SMILES string of the molecule is [2H]c1c([2H])c([2H])c2c(c1[2H])c1c([2H])c(-c3ccc4c(c3)c3c(-c5ccccc5)cccc3n4-c3ccc(-c4ccccc4)cc3)c([2H])c([2H])c1n2-c1ccc2sc3ccccc3c2c1. The van der Waals surface area contributed by atoms with Gasteiger partial charge in [0, 0.05) is 53.1 Å². The fourth-order valence-corrected chi connectivity index (χ4v) is 9.65. The van der Waals surface area contributed by atoms with E-state index in [2.05, 4.69) is 83.4 Å². The fourth-order valence-electron chi connectivity index (χ4n) is 8.57. The lowest BCUT2D eigenvalue weighted by Crippen LogP contribution is -1.94. The summed E-state index contributed by atoms with van der Waals surface area (Å²) in [6, 6.07) is 53.5. The zero-order valence-electron chi connectivity index (χ0n) is 37.4. The Bertz CT molecular complexity index is 3910. The van der Waals surface area contributed by atoms with Crippen molar-refractivity contribution in [2.24, 2.45) is 0 Å². The topological polar surface area (TPSA) is 9.86 Å². The minimum atomic E-state index is -0.419. The lowest BCUT2D eigenvalue weighted by molar-refractivity contribution is 1.18. The van der Waals surface area contributed by atoms with Crippen LogP contribution in [0.5, 0.6) is 0 Å². The zero-order chi connectivity index (χ0) is 43.5. The fraction of sp³-hybridized carbons (Fsp3) is 0. The predicted molar refractivity (Wildman–Crippen MR) is 244 cm³/mol. The van der Waals surface area contributed by atoms with Crippen LogP contribution in [0, 0.1) is 0 Å². The summed E-state index contributed by atoms with van der Waals surface area (Å²) in [4.78, 5) is 0. The Balaban J connectivity index is 1.14. The van der Waals surface area contributed by atoms with Gasteiger partial charge in [0.2, 0.25) is 0 Å². The molecule has 0 unspecified atom stereocenters. The Kier molecular flexibility index (Phi) is 5.74. The molecule has 3 heterocycles. The number of benzene rings is 9. The molecule has 12 rings (SSSR count). The average molecular weight is 750 g/mol. The first-order valence-electron chi connectivity index (χ1n) is 22.4. The van der Waals surface area contributed by atoms with Crippen LogP contribution in [0.3, 0.4) is 0 Å². The number of thiophene rings is 1. The van der Waals surface area contributed by atoms with Crippen molar-refractivity contribution < 1.29 is 9.60 Å². The maximum atomic E-state index is 9.98. The van der Waals surface area contributed by atoms with Gasteiger partial charge >= 0.3 is 0 Å². The van der Waals surface area contributed by atoms with Crippen LogP contribution in [-0.2, 0) is 0 Å². The van der Waals surface area contributed by atoms with E-state index in [4.69, 9.17) is 2.74 Å². The molecular formula is C54H34N2S. The van der Waals surface area contributed by atoms with Crippen molar-refractivity contribution in [2.45, 2.75) is 0 Å². The first-order chi connectivity index (χ1) is 31.2. The maximum absolute atomic E-state index is 9.98. The molecule has 0 aliphatic heterocycles. The van der Waals surface area contributed by atoms with E-state index in [1.54, 1.807) is 15.9 Å². The summed E-state index contributed by atoms with van der Waals surface area (Å²) in [6.07, 6.45) is 0. The van der Waals surface area contributed by atoms with Crippen LogP contribution in [0.2, 0.25) is 0 Å². The molecule has 3 aromatic heterocycles. The van der Waals surface area contributed by atoms with Gasteiger partial charge in [-0.3, -0.25) is 0 Å². The van der Waals surface area contributed by atoms with Gasteiger partial charge in [0.1, 0.15) is 0 Å². The molecule has 0 amide bonds. The molecule has 57 heavy (non-hydrogen) atoms. The van der Waals surface area contributed by atoms with Crippen LogP contribution in [0.25, 0.3) is 109 Å². The third kappa shape index (κ3) is 5.03. The van der Waals surface area contributed by atoms with E-state index in [1.165, 1.54) is 0 Å². The largest absolute Gasteiger partial charge is 0.309 e. The van der Waals surface area contributed by atoms with E-state index in [0.29, 0.717) is 11.3 Å². The first-order valence-corrected chi connectivity index (χ1v) is 19.8. The third-order valence-corrected chi connectivity index (χ3v) is 12.3. The van der Waals surface area contributed by atoms with Crippen LogP contribution >= 0.6 is 11.3 Å². The second-order valence-corrected chi connectivity index (χ2v) is 15.4. The van der Waals surface area contributed by atoms with Crippen LogP contribution < -0.4 is 0 Å². The number of aromatic nitrogens is 2. The third-order valence-electron chi connectivity index (χ3n) is 11.2. The van der Waals surface area contributed by atoms with Gasteiger partial charge in [-0.1, -0.05) is 133 Å². The monoisotopic (exact) mass is 749 g/mol. The van der Waals surface area contributed by atoms with E-state index in [-0.39, 0.29) is 57.6 Å². The van der Waals surface area contributed by atoms with Gasteiger partial charge in [0.05, 0.1) is 31.7 Å². The first kappa shape index (κ1) is 25.8. The standard InChI is InChI=1S/C54H34N2S/c1-3-12-35(13-4-1)36-22-26-40(27-23-36)55-50-30-25-39(33-47(50)54-42(18-11-20-51(54)55)37-14-5-2-6-15-37)38-24-29-49-45(32-38)43-16-7-9-19-48(43)56(49)41-28-31-53-46(34-41)44-17-8-10-21-52(44)57-53/h1-34H/i7D,9D,16D,19D,24D,29D,32D. The second-order valence-electron chi connectivity index (χ2n) is 14.4. The normalized spacial score (nSPS) is 13.6. The van der Waals surface area contributed by atoms with E-state index >= 15 is 0 Å². The quantitative estimate of drug-likeness (QED) is 0.166. The van der Waals surface area contributed by atoms with Crippen molar-refractivity contribution in [1.82, 2.24) is 9.13 Å². The molecule has 0 saturated carbocycles. The Hall–Kier alpha value is -7.20. The molecule has 0 aliphatic rings. The Morgan fingerprint density at radius 3 is 1.91 bits per heavy atom. The van der Waals surface area contributed by atoms with Gasteiger partial charge in [0.15, 0.2) is 0 Å². The van der Waals surface area contributed by atoms with Gasteiger partial charge in [-0.05, 0) is 106 Å². The Labute approximate surface area is 343 Å². The van der Waals surface area contributed by atoms with Gasteiger partial charge in [-0.2, -0.15) is 0 Å². The summed E-state index contributed by atoms with van der Waals surface area (Å²) >= 11 is 1.66. The molecular weight excluding hydrogens is 709 g/mol. The summed E-state index contributed by atoms with van der Waals surface area (Å²) in [6.45, 7) is 0. The number of rotatable bonds is 5.